The van der Waals surface area contributed by atoms with Crippen LogP contribution in [0, 0.1) is 0 Å². The zero-order valence-corrected chi connectivity index (χ0v) is 10.3. The van der Waals surface area contributed by atoms with Gasteiger partial charge < -0.3 is 5.11 Å². The molecule has 0 aliphatic heterocycles. The summed E-state index contributed by atoms with van der Waals surface area (Å²) >= 11 is 0. The summed E-state index contributed by atoms with van der Waals surface area (Å²) in [5.74, 6) is -1.25. The first-order valence-corrected chi connectivity index (χ1v) is 6.05. The number of hydrogen-bond acceptors (Lipinski definition) is 1. The van der Waals surface area contributed by atoms with Crippen molar-refractivity contribution in [3.63, 3.8) is 0 Å². The van der Waals surface area contributed by atoms with E-state index in [0.29, 0.717) is 6.42 Å². The minimum absolute atomic E-state index is 0.479. The zero-order chi connectivity index (χ0) is 13.0. The molecule has 0 aromatic heterocycles. The minimum Gasteiger partial charge on any atom is -0.481 e. The Balaban J connectivity index is 2.53. The second kappa shape index (κ2) is 5.50. The van der Waals surface area contributed by atoms with Crippen molar-refractivity contribution in [3.05, 3.63) is 60.2 Å². The van der Waals surface area contributed by atoms with E-state index in [1.54, 1.807) is 0 Å². The normalized spacial score (nSPS) is 12.9. The molecule has 18 heavy (non-hydrogen) atoms. The van der Waals surface area contributed by atoms with Crippen molar-refractivity contribution in [1.82, 2.24) is 0 Å². The van der Waals surface area contributed by atoms with E-state index in [9.17, 15) is 9.90 Å². The van der Waals surface area contributed by atoms with Crippen molar-refractivity contribution >= 4 is 16.7 Å². The lowest BCUT2D eigenvalue weighted by molar-refractivity contribution is -0.138. The van der Waals surface area contributed by atoms with Crippen LogP contribution in [-0.4, -0.2) is 11.1 Å². The van der Waals surface area contributed by atoms with E-state index < -0.39 is 11.9 Å². The van der Waals surface area contributed by atoms with Crippen molar-refractivity contribution in [3.8, 4) is 0 Å². The Labute approximate surface area is 107 Å². The second-order valence-corrected chi connectivity index (χ2v) is 4.26. The van der Waals surface area contributed by atoms with E-state index in [0.717, 1.165) is 16.3 Å². The predicted molar refractivity (Wildman–Crippen MR) is 73.8 cm³/mol. The van der Waals surface area contributed by atoms with Crippen LogP contribution in [0.1, 0.15) is 24.8 Å². The van der Waals surface area contributed by atoms with E-state index in [-0.39, 0.29) is 0 Å². The van der Waals surface area contributed by atoms with Crippen molar-refractivity contribution in [2.45, 2.75) is 19.3 Å². The van der Waals surface area contributed by atoms with Crippen molar-refractivity contribution in [1.29, 1.82) is 0 Å². The maximum Gasteiger partial charge on any atom is 0.311 e. The van der Waals surface area contributed by atoms with Gasteiger partial charge >= 0.3 is 5.97 Å². The van der Waals surface area contributed by atoms with Gasteiger partial charge in [-0.1, -0.05) is 54.6 Å². The fourth-order valence-corrected chi connectivity index (χ4v) is 2.19. The lowest BCUT2D eigenvalue weighted by atomic mass is 9.91. The number of carbonyl (C=O) groups is 1. The van der Waals surface area contributed by atoms with Gasteiger partial charge in [0.2, 0.25) is 0 Å². The Bertz CT molecular complexity index is 579. The second-order valence-electron chi connectivity index (χ2n) is 4.26. The summed E-state index contributed by atoms with van der Waals surface area (Å²) in [5, 5.41) is 11.5. The monoisotopic (exact) mass is 240 g/mol. The highest BCUT2D eigenvalue weighted by Crippen LogP contribution is 2.28. The first-order valence-electron chi connectivity index (χ1n) is 6.05. The molecule has 92 valence electrons. The zero-order valence-electron chi connectivity index (χ0n) is 10.3. The smallest absolute Gasteiger partial charge is 0.311 e. The summed E-state index contributed by atoms with van der Waals surface area (Å²) in [6, 6.07) is 13.7. The first kappa shape index (κ1) is 12.4. The van der Waals surface area contributed by atoms with Gasteiger partial charge in [0.25, 0.3) is 0 Å². The van der Waals surface area contributed by atoms with Crippen LogP contribution in [-0.2, 0) is 4.79 Å². The molecule has 1 unspecified atom stereocenters. The molecule has 0 aliphatic rings. The van der Waals surface area contributed by atoms with Crippen LogP contribution in [0.4, 0.5) is 0 Å². The molecule has 0 saturated heterocycles. The van der Waals surface area contributed by atoms with Crippen LogP contribution in [0.5, 0.6) is 0 Å². The molecule has 0 saturated carbocycles. The molecular weight excluding hydrogens is 224 g/mol. The van der Waals surface area contributed by atoms with E-state index in [1.807, 2.05) is 61.5 Å². The fourth-order valence-electron chi connectivity index (χ4n) is 2.19. The van der Waals surface area contributed by atoms with Crippen LogP contribution < -0.4 is 0 Å². The summed E-state index contributed by atoms with van der Waals surface area (Å²) in [6.45, 7) is 1.90. The van der Waals surface area contributed by atoms with Crippen LogP contribution >= 0.6 is 0 Å². The molecule has 0 amide bonds. The SMILES string of the molecule is C/C=C/CC(C(=O)O)c1cccc2ccccc12. The fraction of sp³-hybridized carbons (Fsp3) is 0.188. The number of aliphatic carboxylic acids is 1. The topological polar surface area (TPSA) is 37.3 Å². The molecule has 2 heteroatoms. The summed E-state index contributed by atoms with van der Waals surface area (Å²) in [4.78, 5) is 11.4. The molecule has 0 heterocycles. The molecule has 0 spiro atoms. The highest BCUT2D eigenvalue weighted by atomic mass is 16.4. The molecule has 2 nitrogen and oxygen atoms in total. The molecule has 1 N–H and O–H groups in total. The molecule has 0 aliphatic carbocycles. The van der Waals surface area contributed by atoms with Gasteiger partial charge in [-0.2, -0.15) is 0 Å². The molecule has 1 atom stereocenters. The average Bonchev–Trinajstić information content (AvgIpc) is 2.39. The van der Waals surface area contributed by atoms with Crippen molar-refractivity contribution in [2.24, 2.45) is 0 Å². The van der Waals surface area contributed by atoms with Crippen LogP contribution in [0.2, 0.25) is 0 Å². The third-order valence-corrected chi connectivity index (χ3v) is 3.10. The van der Waals surface area contributed by atoms with Gasteiger partial charge in [0, 0.05) is 0 Å². The maximum atomic E-state index is 11.4. The molecule has 0 fully saturated rings. The van der Waals surface area contributed by atoms with Gasteiger partial charge in [-0.15, -0.1) is 0 Å². The van der Waals surface area contributed by atoms with E-state index in [1.165, 1.54) is 0 Å². The van der Waals surface area contributed by atoms with Crippen LogP contribution in [0.25, 0.3) is 10.8 Å². The Morgan fingerprint density at radius 3 is 2.67 bits per heavy atom. The highest BCUT2D eigenvalue weighted by molar-refractivity contribution is 5.90. The standard InChI is InChI=1S/C16H16O2/c1-2-3-9-15(16(17)18)14-11-6-8-12-7-4-5-10-13(12)14/h2-8,10-11,15H,9H2,1H3,(H,17,18)/b3-2+. The highest BCUT2D eigenvalue weighted by Gasteiger charge is 2.20. The van der Waals surface area contributed by atoms with Gasteiger partial charge in [-0.25, -0.2) is 0 Å². The number of hydrogen-bond donors (Lipinski definition) is 1. The number of carboxylic acid groups (broad SMARTS) is 1. The maximum absolute atomic E-state index is 11.4. The summed E-state index contributed by atoms with van der Waals surface area (Å²) < 4.78 is 0. The Kier molecular flexibility index (Phi) is 3.78. The van der Waals surface area contributed by atoms with E-state index in [2.05, 4.69) is 0 Å². The van der Waals surface area contributed by atoms with Gasteiger partial charge in [0.15, 0.2) is 0 Å². The number of benzene rings is 2. The van der Waals surface area contributed by atoms with Crippen LogP contribution in [0.15, 0.2) is 54.6 Å². The number of allylic oxidation sites excluding steroid dienone is 2. The number of carboxylic acids is 1. The average molecular weight is 240 g/mol. The molecular formula is C16H16O2. The van der Waals surface area contributed by atoms with Crippen molar-refractivity contribution in [2.75, 3.05) is 0 Å². The van der Waals surface area contributed by atoms with Gasteiger partial charge in [0.1, 0.15) is 0 Å². The lowest BCUT2D eigenvalue weighted by Crippen LogP contribution is -2.11. The quantitative estimate of drug-likeness (QED) is 0.821. The minimum atomic E-state index is -0.774. The summed E-state index contributed by atoms with van der Waals surface area (Å²) in [7, 11) is 0. The lowest BCUT2D eigenvalue weighted by Gasteiger charge is -2.13. The van der Waals surface area contributed by atoms with Gasteiger partial charge in [-0.05, 0) is 29.7 Å². The van der Waals surface area contributed by atoms with Gasteiger partial charge in [0.05, 0.1) is 5.92 Å². The van der Waals surface area contributed by atoms with Crippen molar-refractivity contribution < 1.29 is 9.90 Å². The molecule has 0 radical (unpaired) electrons. The van der Waals surface area contributed by atoms with E-state index >= 15 is 0 Å². The Morgan fingerprint density at radius 2 is 1.94 bits per heavy atom. The Hall–Kier alpha value is -2.09. The molecule has 2 rings (SSSR count). The summed E-state index contributed by atoms with van der Waals surface area (Å²) in [5.41, 5.74) is 0.888. The number of rotatable bonds is 4. The van der Waals surface area contributed by atoms with Gasteiger partial charge in [-0.3, -0.25) is 4.79 Å². The molecule has 2 aromatic rings. The predicted octanol–water partition coefficient (Wildman–Crippen LogP) is 3.97. The number of fused-ring (bicyclic) bond motifs is 1. The summed E-state index contributed by atoms with van der Waals surface area (Å²) in [6.07, 6.45) is 4.32. The third-order valence-electron chi connectivity index (χ3n) is 3.10. The molecule has 0 bridgehead atoms. The third kappa shape index (κ3) is 2.43. The largest absolute Gasteiger partial charge is 0.481 e. The molecule has 2 aromatic carbocycles. The Morgan fingerprint density at radius 1 is 1.22 bits per heavy atom. The van der Waals surface area contributed by atoms with Crippen LogP contribution in [0.3, 0.4) is 0 Å². The first-order chi connectivity index (χ1) is 8.74. The van der Waals surface area contributed by atoms with E-state index in [4.69, 9.17) is 0 Å².